The fourth-order valence-corrected chi connectivity index (χ4v) is 3.92. The van der Waals surface area contributed by atoms with Gasteiger partial charge in [-0.25, -0.2) is 4.79 Å². The Morgan fingerprint density at radius 2 is 1.81 bits per heavy atom. The number of ether oxygens (including phenoxy) is 1. The van der Waals surface area contributed by atoms with E-state index in [1.54, 1.807) is 31.9 Å². The first-order chi connectivity index (χ1) is 15.0. The number of carbonyl (C=O) groups is 3. The number of nitrogens with one attached hydrogen (secondary N) is 1. The summed E-state index contributed by atoms with van der Waals surface area (Å²) in [4.78, 5) is 39.2. The van der Waals surface area contributed by atoms with Crippen molar-refractivity contribution in [3.05, 3.63) is 11.6 Å². The van der Waals surface area contributed by atoms with Crippen molar-refractivity contribution in [3.63, 3.8) is 0 Å². The van der Waals surface area contributed by atoms with Crippen molar-refractivity contribution in [2.45, 2.75) is 79.8 Å². The third-order valence-corrected chi connectivity index (χ3v) is 5.98. The van der Waals surface area contributed by atoms with Crippen molar-refractivity contribution in [2.24, 2.45) is 17.8 Å². The molecule has 0 aromatic carbocycles. The van der Waals surface area contributed by atoms with Crippen molar-refractivity contribution >= 4 is 18.3 Å². The van der Waals surface area contributed by atoms with Crippen LogP contribution in [0, 0.1) is 17.8 Å². The number of hydrogen-bond acceptors (Lipinski definition) is 5. The molecule has 1 aliphatic rings. The highest BCUT2D eigenvalue weighted by molar-refractivity contribution is 5.88. The Bertz CT molecular complexity index is 604. The van der Waals surface area contributed by atoms with Crippen LogP contribution < -0.4 is 5.32 Å². The highest BCUT2D eigenvalue weighted by atomic mass is 16.5. The highest BCUT2D eigenvalue weighted by Gasteiger charge is 2.29. The van der Waals surface area contributed by atoms with Gasteiger partial charge in [0, 0.05) is 19.2 Å². The lowest BCUT2D eigenvalue weighted by Crippen LogP contribution is -2.51. The predicted octanol–water partition coefficient (Wildman–Crippen LogP) is 3.49. The molecule has 1 heterocycles. The van der Waals surface area contributed by atoms with Gasteiger partial charge in [0.25, 0.3) is 0 Å². The molecule has 0 aromatic heterocycles. The van der Waals surface area contributed by atoms with E-state index in [9.17, 15) is 14.4 Å². The molecule has 0 unspecified atom stereocenters. The molecule has 7 nitrogen and oxygen atoms in total. The zero-order valence-corrected chi connectivity index (χ0v) is 21.8. The van der Waals surface area contributed by atoms with Crippen LogP contribution in [0.15, 0.2) is 11.6 Å². The summed E-state index contributed by atoms with van der Waals surface area (Å²) < 4.78 is 4.98. The van der Waals surface area contributed by atoms with Crippen molar-refractivity contribution in [2.75, 3.05) is 33.8 Å². The van der Waals surface area contributed by atoms with Gasteiger partial charge in [-0.2, -0.15) is 0 Å². The first kappa shape index (κ1) is 30.1. The Morgan fingerprint density at radius 3 is 2.22 bits per heavy atom. The number of likely N-dealkylation sites (N-methyl/N-ethyl adjacent to an activating group) is 1. The van der Waals surface area contributed by atoms with E-state index in [0.29, 0.717) is 18.6 Å². The monoisotopic (exact) mass is 453 g/mol. The molecular weight excluding hydrogens is 406 g/mol. The zero-order valence-electron chi connectivity index (χ0n) is 21.8. The zero-order chi connectivity index (χ0) is 24.8. The second-order valence-electron chi connectivity index (χ2n) is 9.44. The number of amides is 2. The van der Waals surface area contributed by atoms with Crippen LogP contribution in [0.3, 0.4) is 0 Å². The van der Waals surface area contributed by atoms with Crippen LogP contribution in [-0.4, -0.2) is 74.0 Å². The van der Waals surface area contributed by atoms with E-state index in [4.69, 9.17) is 4.74 Å². The summed E-state index contributed by atoms with van der Waals surface area (Å²) in [6.07, 6.45) is 6.53. The molecule has 0 saturated carbocycles. The Morgan fingerprint density at radius 1 is 1.19 bits per heavy atom. The molecule has 1 rings (SSSR count). The smallest absolute Gasteiger partial charge is 0.333 e. The van der Waals surface area contributed by atoms with Gasteiger partial charge in [-0.05, 0) is 58.0 Å². The van der Waals surface area contributed by atoms with E-state index in [2.05, 4.69) is 24.2 Å². The van der Waals surface area contributed by atoms with E-state index in [-0.39, 0.29) is 29.8 Å². The second-order valence-corrected chi connectivity index (χ2v) is 9.44. The highest BCUT2D eigenvalue weighted by Crippen LogP contribution is 2.18. The maximum absolute atomic E-state index is 12.7. The van der Waals surface area contributed by atoms with Crippen LogP contribution in [0.1, 0.15) is 67.7 Å². The lowest BCUT2D eigenvalue weighted by molar-refractivity contribution is -0.139. The molecule has 3 atom stereocenters. The SMILES string of the molecule is CCOC(=O)/C(C)=C/[C@H](C(C)C)N(C)C(=O)[C@@H](NC=O)C(C)C.CC[C@H]1CCCN(C)C1. The van der Waals surface area contributed by atoms with Gasteiger partial charge in [-0.15, -0.1) is 0 Å². The average molecular weight is 454 g/mol. The summed E-state index contributed by atoms with van der Waals surface area (Å²) in [6.45, 7) is 16.4. The predicted molar refractivity (Wildman–Crippen MR) is 130 cm³/mol. The van der Waals surface area contributed by atoms with E-state index in [1.165, 1.54) is 32.4 Å². The Kier molecular flexibility index (Phi) is 14.9. The van der Waals surface area contributed by atoms with Crippen LogP contribution in [0.2, 0.25) is 0 Å². The molecule has 1 N–H and O–H groups in total. The Balaban J connectivity index is 0.000000879. The van der Waals surface area contributed by atoms with Crippen LogP contribution >= 0.6 is 0 Å². The minimum absolute atomic E-state index is 0.0295. The summed E-state index contributed by atoms with van der Waals surface area (Å²) in [5, 5.41) is 2.57. The summed E-state index contributed by atoms with van der Waals surface area (Å²) in [6, 6.07) is -0.850. The van der Waals surface area contributed by atoms with Crippen LogP contribution in [0.25, 0.3) is 0 Å². The van der Waals surface area contributed by atoms with Crippen molar-refractivity contribution < 1.29 is 19.1 Å². The molecule has 2 amide bonds. The maximum atomic E-state index is 12.7. The molecule has 32 heavy (non-hydrogen) atoms. The van der Waals surface area contributed by atoms with Gasteiger partial charge in [0.05, 0.1) is 12.6 Å². The molecular formula is C25H47N3O4. The van der Waals surface area contributed by atoms with E-state index in [1.807, 2.05) is 27.7 Å². The number of rotatable bonds is 10. The minimum atomic E-state index is -0.588. The lowest BCUT2D eigenvalue weighted by Gasteiger charge is -2.33. The normalized spacial score (nSPS) is 19.0. The Labute approximate surface area is 195 Å². The summed E-state index contributed by atoms with van der Waals surface area (Å²) in [5.74, 6) is 0.503. The number of nitrogens with zero attached hydrogens (tertiary/aromatic N) is 2. The number of piperidine rings is 1. The molecule has 186 valence electrons. The maximum Gasteiger partial charge on any atom is 0.333 e. The van der Waals surface area contributed by atoms with Gasteiger partial charge in [0.2, 0.25) is 12.3 Å². The third-order valence-electron chi connectivity index (χ3n) is 5.98. The van der Waals surface area contributed by atoms with Crippen LogP contribution in [0.5, 0.6) is 0 Å². The number of likely N-dealkylation sites (tertiary alicyclic amines) is 1. The van der Waals surface area contributed by atoms with Crippen molar-refractivity contribution in [3.8, 4) is 0 Å². The average Bonchev–Trinajstić information content (AvgIpc) is 2.74. The molecule has 0 spiro atoms. The molecule has 0 aromatic rings. The van der Waals surface area contributed by atoms with Gasteiger partial charge in [-0.3, -0.25) is 9.59 Å². The molecule has 7 heteroatoms. The fraction of sp³-hybridized carbons (Fsp3) is 0.800. The molecule has 0 aliphatic carbocycles. The molecule has 0 bridgehead atoms. The van der Waals surface area contributed by atoms with Crippen LogP contribution in [-0.2, 0) is 19.1 Å². The van der Waals surface area contributed by atoms with E-state index < -0.39 is 6.04 Å². The topological polar surface area (TPSA) is 79.0 Å². The van der Waals surface area contributed by atoms with Crippen LogP contribution in [0.4, 0.5) is 0 Å². The largest absolute Gasteiger partial charge is 0.463 e. The quantitative estimate of drug-likeness (QED) is 0.311. The number of carbonyl (C=O) groups excluding carboxylic acids is 3. The third kappa shape index (κ3) is 10.6. The molecule has 1 aliphatic heterocycles. The molecule has 0 radical (unpaired) electrons. The molecule has 1 fully saturated rings. The fourth-order valence-electron chi connectivity index (χ4n) is 3.92. The van der Waals surface area contributed by atoms with Gasteiger partial charge in [0.1, 0.15) is 6.04 Å². The molecule has 1 saturated heterocycles. The standard InChI is InChI=1S/C17H30N2O4.C8H17N/c1-8-23-17(22)13(6)9-14(11(2)3)19(7)16(21)15(12(4)5)18-10-20;1-3-8-5-4-6-9(2)7-8/h9-12,14-15H,8H2,1-7H3,(H,18,20);8H,3-7H2,1-2H3/b13-9+;/t14-,15+;8-/m10/s1. The first-order valence-electron chi connectivity index (χ1n) is 12.0. The Hall–Kier alpha value is -1.89. The van der Waals surface area contributed by atoms with E-state index >= 15 is 0 Å². The van der Waals surface area contributed by atoms with Gasteiger partial charge in [-0.1, -0.05) is 47.1 Å². The summed E-state index contributed by atoms with van der Waals surface area (Å²) in [7, 11) is 3.91. The van der Waals surface area contributed by atoms with E-state index in [0.717, 1.165) is 5.92 Å². The second kappa shape index (κ2) is 15.8. The van der Waals surface area contributed by atoms with Crippen molar-refractivity contribution in [1.29, 1.82) is 0 Å². The van der Waals surface area contributed by atoms with Gasteiger partial charge >= 0.3 is 5.97 Å². The van der Waals surface area contributed by atoms with Gasteiger partial charge in [0.15, 0.2) is 0 Å². The first-order valence-corrected chi connectivity index (χ1v) is 12.0. The number of hydrogen-bond donors (Lipinski definition) is 1. The summed E-state index contributed by atoms with van der Waals surface area (Å²) in [5.41, 5.74) is 0.467. The van der Waals surface area contributed by atoms with Crippen molar-refractivity contribution in [1.82, 2.24) is 15.1 Å². The summed E-state index contributed by atoms with van der Waals surface area (Å²) >= 11 is 0. The van der Waals surface area contributed by atoms with Gasteiger partial charge < -0.3 is 19.9 Å². The number of esters is 1. The minimum Gasteiger partial charge on any atom is -0.463 e. The lowest BCUT2D eigenvalue weighted by atomic mass is 9.96.